The Kier molecular flexibility index (Phi) is 7.60. The predicted octanol–water partition coefficient (Wildman–Crippen LogP) is 3.11. The number of amides is 2. The minimum atomic E-state index is -0.493. The maximum Gasteiger partial charge on any atom is 0.251 e. The SMILES string of the molecule is CCn1c(CNC(=O)c2ccc(OC)cc2)nnc1SCC(=O)Nc1ccccc1F. The van der Waals surface area contributed by atoms with Crippen molar-refractivity contribution in [2.75, 3.05) is 18.2 Å². The third-order valence-corrected chi connectivity index (χ3v) is 5.32. The molecule has 0 aliphatic rings. The molecule has 0 unspecified atom stereocenters. The van der Waals surface area contributed by atoms with Crippen molar-refractivity contribution in [1.29, 1.82) is 0 Å². The number of anilines is 1. The highest BCUT2D eigenvalue weighted by Crippen LogP contribution is 2.19. The molecule has 0 aliphatic carbocycles. The van der Waals surface area contributed by atoms with Gasteiger partial charge in [0.05, 0.1) is 25.1 Å². The first-order chi connectivity index (χ1) is 15.0. The fourth-order valence-electron chi connectivity index (χ4n) is 2.76. The Balaban J connectivity index is 1.56. The van der Waals surface area contributed by atoms with Crippen LogP contribution in [0.1, 0.15) is 23.1 Å². The summed E-state index contributed by atoms with van der Waals surface area (Å²) >= 11 is 1.19. The maximum absolute atomic E-state index is 13.7. The van der Waals surface area contributed by atoms with Crippen LogP contribution in [0.4, 0.5) is 10.1 Å². The molecule has 0 spiro atoms. The molecular formula is C21H22FN5O3S. The summed E-state index contributed by atoms with van der Waals surface area (Å²) in [6.07, 6.45) is 0. The molecule has 8 nitrogen and oxygen atoms in total. The smallest absolute Gasteiger partial charge is 0.251 e. The minimum Gasteiger partial charge on any atom is -0.497 e. The largest absolute Gasteiger partial charge is 0.497 e. The molecule has 0 atom stereocenters. The second-order valence-corrected chi connectivity index (χ2v) is 7.31. The molecule has 10 heteroatoms. The van der Waals surface area contributed by atoms with Crippen LogP contribution >= 0.6 is 11.8 Å². The van der Waals surface area contributed by atoms with Crippen molar-refractivity contribution in [3.63, 3.8) is 0 Å². The van der Waals surface area contributed by atoms with Gasteiger partial charge in [-0.1, -0.05) is 23.9 Å². The number of aromatic nitrogens is 3. The van der Waals surface area contributed by atoms with Crippen molar-refractivity contribution in [1.82, 2.24) is 20.1 Å². The number of halogens is 1. The van der Waals surface area contributed by atoms with Gasteiger partial charge in [0.25, 0.3) is 5.91 Å². The van der Waals surface area contributed by atoms with Gasteiger partial charge in [0.1, 0.15) is 11.6 Å². The highest BCUT2D eigenvalue weighted by molar-refractivity contribution is 7.99. The van der Waals surface area contributed by atoms with Crippen molar-refractivity contribution >= 4 is 29.3 Å². The van der Waals surface area contributed by atoms with Gasteiger partial charge in [-0.3, -0.25) is 9.59 Å². The molecule has 2 N–H and O–H groups in total. The number of hydrogen-bond acceptors (Lipinski definition) is 6. The van der Waals surface area contributed by atoms with Crippen LogP contribution in [0.15, 0.2) is 53.7 Å². The van der Waals surface area contributed by atoms with E-state index in [4.69, 9.17) is 4.74 Å². The summed E-state index contributed by atoms with van der Waals surface area (Å²) in [6, 6.07) is 12.8. The Morgan fingerprint density at radius 2 is 1.87 bits per heavy atom. The number of para-hydroxylation sites is 1. The fourth-order valence-corrected chi connectivity index (χ4v) is 3.58. The molecule has 0 aliphatic heterocycles. The normalized spacial score (nSPS) is 10.5. The quantitative estimate of drug-likeness (QED) is 0.493. The average Bonchev–Trinajstić information content (AvgIpc) is 3.19. The van der Waals surface area contributed by atoms with Gasteiger partial charge in [-0.2, -0.15) is 0 Å². The summed E-state index contributed by atoms with van der Waals surface area (Å²) < 4.78 is 20.6. The highest BCUT2D eigenvalue weighted by Gasteiger charge is 2.15. The molecule has 0 saturated carbocycles. The summed E-state index contributed by atoms with van der Waals surface area (Å²) in [5, 5.41) is 14.1. The van der Waals surface area contributed by atoms with Crippen LogP contribution in [0.3, 0.4) is 0 Å². The van der Waals surface area contributed by atoms with Gasteiger partial charge in [0, 0.05) is 12.1 Å². The summed E-state index contributed by atoms with van der Waals surface area (Å²) in [4.78, 5) is 24.5. The van der Waals surface area contributed by atoms with Gasteiger partial charge in [-0.25, -0.2) is 4.39 Å². The number of nitrogens with one attached hydrogen (secondary N) is 2. The van der Waals surface area contributed by atoms with E-state index in [2.05, 4.69) is 20.8 Å². The van der Waals surface area contributed by atoms with Crippen molar-refractivity contribution in [3.05, 3.63) is 65.7 Å². The zero-order valence-corrected chi connectivity index (χ0v) is 17.9. The Morgan fingerprint density at radius 1 is 1.13 bits per heavy atom. The molecular weight excluding hydrogens is 421 g/mol. The molecule has 2 aromatic carbocycles. The van der Waals surface area contributed by atoms with E-state index >= 15 is 0 Å². The van der Waals surface area contributed by atoms with E-state index in [-0.39, 0.29) is 29.8 Å². The Bertz CT molecular complexity index is 1060. The van der Waals surface area contributed by atoms with E-state index in [1.165, 1.54) is 23.9 Å². The molecule has 0 bridgehead atoms. The number of carbonyl (C=O) groups is 2. The number of benzene rings is 2. The second kappa shape index (κ2) is 10.6. The number of methoxy groups -OCH3 is 1. The topological polar surface area (TPSA) is 98.1 Å². The van der Waals surface area contributed by atoms with E-state index in [1.54, 1.807) is 43.5 Å². The molecule has 3 aromatic rings. The first kappa shape index (κ1) is 22.3. The summed E-state index contributed by atoms with van der Waals surface area (Å²) in [6.45, 7) is 2.67. The van der Waals surface area contributed by atoms with Crippen LogP contribution in [-0.4, -0.2) is 39.4 Å². The molecule has 2 amide bonds. The molecule has 31 heavy (non-hydrogen) atoms. The van der Waals surface area contributed by atoms with Crippen LogP contribution in [0, 0.1) is 5.82 Å². The monoisotopic (exact) mass is 443 g/mol. The summed E-state index contributed by atoms with van der Waals surface area (Å²) in [5.74, 6) is 0.198. The van der Waals surface area contributed by atoms with Crippen molar-refractivity contribution in [3.8, 4) is 5.75 Å². The molecule has 1 heterocycles. The van der Waals surface area contributed by atoms with Gasteiger partial charge >= 0.3 is 0 Å². The average molecular weight is 444 g/mol. The number of hydrogen-bond donors (Lipinski definition) is 2. The number of nitrogens with zero attached hydrogens (tertiary/aromatic N) is 3. The second-order valence-electron chi connectivity index (χ2n) is 6.37. The number of thioether (sulfide) groups is 1. The lowest BCUT2D eigenvalue weighted by atomic mass is 10.2. The van der Waals surface area contributed by atoms with E-state index in [0.717, 1.165) is 0 Å². The van der Waals surface area contributed by atoms with E-state index in [0.29, 0.717) is 28.8 Å². The van der Waals surface area contributed by atoms with Gasteiger partial charge in [0.15, 0.2) is 11.0 Å². The lowest BCUT2D eigenvalue weighted by Gasteiger charge is -2.09. The van der Waals surface area contributed by atoms with Gasteiger partial charge in [0.2, 0.25) is 5.91 Å². The number of ether oxygens (including phenoxy) is 1. The first-order valence-corrected chi connectivity index (χ1v) is 10.5. The molecule has 1 aromatic heterocycles. The fraction of sp³-hybridized carbons (Fsp3) is 0.238. The van der Waals surface area contributed by atoms with Crippen LogP contribution in [0.2, 0.25) is 0 Å². The number of rotatable bonds is 9. The Morgan fingerprint density at radius 3 is 2.55 bits per heavy atom. The van der Waals surface area contributed by atoms with Gasteiger partial charge < -0.3 is 19.9 Å². The lowest BCUT2D eigenvalue weighted by molar-refractivity contribution is -0.113. The summed E-state index contributed by atoms with van der Waals surface area (Å²) in [7, 11) is 1.56. The molecule has 0 fully saturated rings. The van der Waals surface area contributed by atoms with E-state index < -0.39 is 5.82 Å². The standard InChI is InChI=1S/C21H22FN5O3S/c1-3-27-18(12-23-20(29)14-8-10-15(30-2)11-9-14)25-26-21(27)31-13-19(28)24-17-7-5-4-6-16(17)22/h4-11H,3,12-13H2,1-2H3,(H,23,29)(H,24,28). The Labute approximate surface area is 183 Å². The van der Waals surface area contributed by atoms with Gasteiger partial charge in [-0.05, 0) is 43.3 Å². The van der Waals surface area contributed by atoms with E-state index in [9.17, 15) is 14.0 Å². The minimum absolute atomic E-state index is 0.0463. The van der Waals surface area contributed by atoms with Gasteiger partial charge in [-0.15, -0.1) is 10.2 Å². The molecule has 0 radical (unpaired) electrons. The van der Waals surface area contributed by atoms with Crippen LogP contribution in [0.5, 0.6) is 5.75 Å². The zero-order chi connectivity index (χ0) is 22.2. The van der Waals surface area contributed by atoms with Crippen molar-refractivity contribution in [2.24, 2.45) is 0 Å². The third kappa shape index (κ3) is 5.82. The van der Waals surface area contributed by atoms with Crippen molar-refractivity contribution < 1.29 is 18.7 Å². The van der Waals surface area contributed by atoms with Crippen LogP contribution in [0.25, 0.3) is 0 Å². The maximum atomic E-state index is 13.7. The predicted molar refractivity (Wildman–Crippen MR) is 116 cm³/mol. The highest BCUT2D eigenvalue weighted by atomic mass is 32.2. The molecule has 3 rings (SSSR count). The van der Waals surface area contributed by atoms with E-state index in [1.807, 2.05) is 11.5 Å². The number of carbonyl (C=O) groups excluding carboxylic acids is 2. The molecule has 0 saturated heterocycles. The lowest BCUT2D eigenvalue weighted by Crippen LogP contribution is -2.24. The molecule has 162 valence electrons. The first-order valence-electron chi connectivity index (χ1n) is 9.53. The Hall–Kier alpha value is -3.40. The van der Waals surface area contributed by atoms with Crippen LogP contribution in [-0.2, 0) is 17.9 Å². The van der Waals surface area contributed by atoms with Crippen LogP contribution < -0.4 is 15.4 Å². The summed E-state index contributed by atoms with van der Waals surface area (Å²) in [5.41, 5.74) is 0.634. The zero-order valence-electron chi connectivity index (χ0n) is 17.1. The van der Waals surface area contributed by atoms with Crippen molar-refractivity contribution in [2.45, 2.75) is 25.2 Å². The third-order valence-electron chi connectivity index (χ3n) is 4.35.